The lowest BCUT2D eigenvalue weighted by atomic mass is 9.97. The maximum absolute atomic E-state index is 14.1. The average molecular weight is 971 g/mol. The molecule has 17 heteroatoms. The van der Waals surface area contributed by atoms with E-state index in [1.54, 1.807) is 144 Å². The molecule has 2 heterocycles. The summed E-state index contributed by atoms with van der Waals surface area (Å²) in [7, 11) is 2.56. The van der Waals surface area contributed by atoms with Crippen LogP contribution in [0.5, 0.6) is 0 Å². The van der Waals surface area contributed by atoms with Crippen LogP contribution < -0.4 is 9.60 Å². The second-order valence-corrected chi connectivity index (χ2v) is 16.4. The lowest BCUT2D eigenvalue weighted by Gasteiger charge is -2.43. The molecule has 1 saturated heterocycles. The second-order valence-electron chi connectivity index (χ2n) is 13.9. The van der Waals surface area contributed by atoms with Crippen LogP contribution in [0.2, 0.25) is 5.02 Å². The second kappa shape index (κ2) is 23.0. The molecule has 65 heavy (non-hydrogen) atoms. The highest BCUT2D eigenvalue weighted by Gasteiger charge is 2.53. The van der Waals surface area contributed by atoms with Gasteiger partial charge in [-0.3, -0.25) is 4.57 Å². The number of halogens is 3. The number of rotatable bonds is 12. The van der Waals surface area contributed by atoms with E-state index in [0.29, 0.717) is 26.0 Å². The highest BCUT2D eigenvalue weighted by Crippen LogP contribution is 2.32. The van der Waals surface area contributed by atoms with E-state index in [9.17, 15) is 19.2 Å². The maximum Gasteiger partial charge on any atom is 0.338 e. The molecule has 0 N–H and O–H groups in total. The third-order valence-electron chi connectivity index (χ3n) is 9.61. The standard InChI is InChI=1S/C48H36ClN3O9S2.2ClH/c49-35-25-16-28-37(29-35)52-47(50-36-26-14-5-15-27-36)62-63-48(52)51-42-41(61-46(56)34-23-12-4-13-24-34)40(60-45(55)33-21-10-3-11-22-33)39(59-44(54)32-19-8-2-9-20-32)38(58-42)30-57-43(53)31-17-6-1-7-18-31;;/h1-29,38-42H,30H2;2*1H/b50-47?,51-48+;;/t38-,39-,40+,41-,42-;;/m1../s1. The van der Waals surface area contributed by atoms with Crippen LogP contribution in [0, 0.1) is 0 Å². The lowest BCUT2D eigenvalue weighted by Crippen LogP contribution is -2.62. The van der Waals surface area contributed by atoms with E-state index in [0.717, 1.165) is 0 Å². The Labute approximate surface area is 397 Å². The summed E-state index contributed by atoms with van der Waals surface area (Å²) in [6.45, 7) is -0.499. The number of hydrogen-bond acceptors (Lipinski definition) is 13. The van der Waals surface area contributed by atoms with Gasteiger partial charge in [0.05, 0.1) is 33.6 Å². The van der Waals surface area contributed by atoms with Gasteiger partial charge in [-0.1, -0.05) is 109 Å². The van der Waals surface area contributed by atoms with Gasteiger partial charge in [0.2, 0.25) is 9.60 Å². The van der Waals surface area contributed by atoms with Gasteiger partial charge in [-0.05, 0) is 99.5 Å². The van der Waals surface area contributed by atoms with Crippen molar-refractivity contribution in [2.75, 3.05) is 6.61 Å². The van der Waals surface area contributed by atoms with Gasteiger partial charge in [-0.15, -0.1) is 24.8 Å². The minimum atomic E-state index is -1.59. The molecule has 5 atom stereocenters. The molecule has 1 aromatic heterocycles. The molecule has 8 rings (SSSR count). The lowest BCUT2D eigenvalue weighted by molar-refractivity contribution is -0.227. The number of nitrogens with zero attached hydrogens (tertiary/aromatic N) is 3. The molecule has 0 saturated carbocycles. The molecule has 6 aromatic carbocycles. The quantitative estimate of drug-likeness (QED) is 0.0665. The first-order chi connectivity index (χ1) is 30.8. The number of carbonyl (C=O) groups excluding carboxylic acids is 4. The van der Waals surface area contributed by atoms with Crippen LogP contribution in [0.25, 0.3) is 5.69 Å². The van der Waals surface area contributed by atoms with Gasteiger partial charge < -0.3 is 23.7 Å². The summed E-state index contributed by atoms with van der Waals surface area (Å²) < 4.78 is 33.0. The van der Waals surface area contributed by atoms with Crippen molar-refractivity contribution >= 4 is 86.7 Å². The Morgan fingerprint density at radius 2 is 0.985 bits per heavy atom. The van der Waals surface area contributed by atoms with Gasteiger partial charge in [0, 0.05) is 5.02 Å². The summed E-state index contributed by atoms with van der Waals surface area (Å²) in [5.74, 6) is -3.12. The Hall–Kier alpha value is -6.39. The summed E-state index contributed by atoms with van der Waals surface area (Å²) in [5, 5.41) is 0.452. The van der Waals surface area contributed by atoms with Crippen molar-refractivity contribution in [2.45, 2.75) is 30.6 Å². The molecule has 332 valence electrons. The molecule has 0 radical (unpaired) electrons. The molecule has 0 bridgehead atoms. The fraction of sp³-hybridized carbons (Fsp3) is 0.125. The Balaban J connectivity index is 0.00000350. The van der Waals surface area contributed by atoms with Crippen LogP contribution in [0.15, 0.2) is 186 Å². The predicted molar refractivity (Wildman–Crippen MR) is 251 cm³/mol. The highest BCUT2D eigenvalue weighted by atomic mass is 35.5. The zero-order valence-corrected chi connectivity index (χ0v) is 37.9. The van der Waals surface area contributed by atoms with Gasteiger partial charge in [0.15, 0.2) is 24.5 Å². The third kappa shape index (κ3) is 12.0. The zero-order chi connectivity index (χ0) is 43.5. The molecule has 1 aliphatic rings. The Kier molecular flexibility index (Phi) is 17.0. The molecule has 0 amide bonds. The van der Waals surface area contributed by atoms with E-state index in [4.69, 9.17) is 45.3 Å². The van der Waals surface area contributed by atoms with Crippen LogP contribution in [0.1, 0.15) is 41.4 Å². The first-order valence-electron chi connectivity index (χ1n) is 19.6. The van der Waals surface area contributed by atoms with Crippen molar-refractivity contribution in [2.24, 2.45) is 9.98 Å². The third-order valence-corrected chi connectivity index (χ3v) is 11.9. The minimum absolute atomic E-state index is 0. The molecule has 0 aliphatic carbocycles. The van der Waals surface area contributed by atoms with E-state index in [1.165, 1.54) is 20.7 Å². The smallest absolute Gasteiger partial charge is 0.338 e. The van der Waals surface area contributed by atoms with Crippen molar-refractivity contribution in [3.05, 3.63) is 213 Å². The van der Waals surface area contributed by atoms with E-state index in [1.807, 2.05) is 36.4 Å². The largest absolute Gasteiger partial charge is 0.459 e. The first kappa shape index (κ1) is 48.1. The fourth-order valence-electron chi connectivity index (χ4n) is 6.58. The number of ether oxygens (including phenoxy) is 5. The number of carbonyl (C=O) groups is 4. The molecule has 12 nitrogen and oxygen atoms in total. The number of esters is 4. The summed E-state index contributed by atoms with van der Waals surface area (Å²) in [6, 6.07) is 49.3. The molecule has 0 spiro atoms. The van der Waals surface area contributed by atoms with Crippen LogP contribution in [0.3, 0.4) is 0 Å². The van der Waals surface area contributed by atoms with E-state index in [-0.39, 0.29) is 47.1 Å². The Bertz CT molecular complexity index is 2830. The van der Waals surface area contributed by atoms with Crippen molar-refractivity contribution in [3.63, 3.8) is 0 Å². The monoisotopic (exact) mass is 969 g/mol. The van der Waals surface area contributed by atoms with Gasteiger partial charge in [0.25, 0.3) is 0 Å². The van der Waals surface area contributed by atoms with E-state index >= 15 is 0 Å². The number of hydrogen-bond donors (Lipinski definition) is 0. The van der Waals surface area contributed by atoms with Crippen molar-refractivity contribution in [3.8, 4) is 5.69 Å². The molecule has 0 unspecified atom stereocenters. The van der Waals surface area contributed by atoms with Gasteiger partial charge in [0.1, 0.15) is 12.7 Å². The minimum Gasteiger partial charge on any atom is -0.459 e. The van der Waals surface area contributed by atoms with Crippen molar-refractivity contribution < 1.29 is 42.9 Å². The Morgan fingerprint density at radius 1 is 0.538 bits per heavy atom. The van der Waals surface area contributed by atoms with Crippen molar-refractivity contribution in [1.82, 2.24) is 4.57 Å². The van der Waals surface area contributed by atoms with E-state index < -0.39 is 61.1 Å². The molecule has 1 aliphatic heterocycles. The summed E-state index contributed by atoms with van der Waals surface area (Å²) in [4.78, 5) is 66.4. The SMILES string of the molecule is Cl.Cl.O=C(OC[C@H]1O[C@@H](/N=c2/ssc(=Nc3ccccc3)n2-c2cccc(Cl)c2)[C@H](OC(=O)c2ccccc2)[C@@H](OC(=O)c2ccccc2)[C@@H]1OC(=O)c1ccccc1)c1ccccc1. The van der Waals surface area contributed by atoms with Gasteiger partial charge in [-0.2, -0.15) is 0 Å². The molecule has 1 fully saturated rings. The maximum atomic E-state index is 14.1. The molecular weight excluding hydrogens is 933 g/mol. The van der Waals surface area contributed by atoms with Gasteiger partial charge in [-0.25, -0.2) is 29.2 Å². The highest BCUT2D eigenvalue weighted by molar-refractivity contribution is 7.67. The number of aromatic nitrogens is 1. The normalized spacial score (nSPS) is 18.3. The molecule has 7 aromatic rings. The topological polar surface area (TPSA) is 144 Å². The zero-order valence-electron chi connectivity index (χ0n) is 33.9. The van der Waals surface area contributed by atoms with Crippen LogP contribution in [-0.4, -0.2) is 65.7 Å². The fourth-order valence-corrected chi connectivity index (χ4v) is 8.93. The summed E-state index contributed by atoms with van der Waals surface area (Å²) in [5.41, 5.74) is 2.05. The van der Waals surface area contributed by atoms with Gasteiger partial charge >= 0.3 is 23.9 Å². The first-order valence-corrected chi connectivity index (χ1v) is 22.1. The number of benzene rings is 6. The van der Waals surface area contributed by atoms with E-state index in [2.05, 4.69) is 0 Å². The number of para-hydroxylation sites is 1. The summed E-state index contributed by atoms with van der Waals surface area (Å²) in [6.07, 6.45) is -7.48. The van der Waals surface area contributed by atoms with Crippen LogP contribution in [0.4, 0.5) is 5.69 Å². The van der Waals surface area contributed by atoms with Crippen LogP contribution >= 0.6 is 57.1 Å². The molecular formula is C48H38Cl3N3O9S2. The predicted octanol–water partition coefficient (Wildman–Crippen LogP) is 9.49. The summed E-state index contributed by atoms with van der Waals surface area (Å²) >= 11 is 6.52. The average Bonchev–Trinajstić information content (AvgIpc) is 3.72. The van der Waals surface area contributed by atoms with Crippen LogP contribution in [-0.2, 0) is 23.7 Å². The Morgan fingerprint density at radius 3 is 1.49 bits per heavy atom. The van der Waals surface area contributed by atoms with Crippen molar-refractivity contribution in [1.29, 1.82) is 0 Å².